The smallest absolute Gasteiger partial charge is 0.368 e. The number of piperazine rings is 1. The standard InChI is InChI=1S/C22H23F3N4S/c1-14-26-20(19-17-7-2-3-8-18(17)30-21(19)27-14)29-11-9-28(10-12-29)16-6-4-5-15(13-16)22(23,24)25/h4-6,13H,2-3,7-12H2,1H3. The summed E-state index contributed by atoms with van der Waals surface area (Å²) in [7, 11) is 0. The summed E-state index contributed by atoms with van der Waals surface area (Å²) >= 11 is 1.80. The monoisotopic (exact) mass is 432 g/mol. The van der Waals surface area contributed by atoms with Crippen molar-refractivity contribution in [1.82, 2.24) is 9.97 Å². The number of hydrogen-bond donors (Lipinski definition) is 0. The molecular weight excluding hydrogens is 409 g/mol. The number of halogens is 3. The third-order valence-electron chi connectivity index (χ3n) is 6.03. The van der Waals surface area contributed by atoms with E-state index >= 15 is 0 Å². The second-order valence-corrected chi connectivity index (χ2v) is 9.09. The predicted molar refractivity (Wildman–Crippen MR) is 115 cm³/mol. The third kappa shape index (κ3) is 3.51. The van der Waals surface area contributed by atoms with E-state index in [1.165, 1.54) is 40.8 Å². The maximum Gasteiger partial charge on any atom is 0.416 e. The molecule has 0 unspecified atom stereocenters. The lowest BCUT2D eigenvalue weighted by molar-refractivity contribution is -0.137. The molecule has 5 rings (SSSR count). The molecule has 0 atom stereocenters. The summed E-state index contributed by atoms with van der Waals surface area (Å²) in [6, 6.07) is 5.62. The molecule has 0 saturated carbocycles. The molecule has 0 amide bonds. The normalized spacial score (nSPS) is 17.5. The van der Waals surface area contributed by atoms with E-state index in [0.717, 1.165) is 48.5 Å². The molecule has 1 aliphatic heterocycles. The molecule has 1 saturated heterocycles. The average Bonchev–Trinajstić information content (AvgIpc) is 3.11. The summed E-state index contributed by atoms with van der Waals surface area (Å²) in [6.45, 7) is 4.72. The van der Waals surface area contributed by atoms with Gasteiger partial charge in [-0.05, 0) is 56.4 Å². The Bertz CT molecular complexity index is 1080. The summed E-state index contributed by atoms with van der Waals surface area (Å²) in [5, 5.41) is 1.20. The van der Waals surface area contributed by atoms with Crippen LogP contribution in [0.1, 0.15) is 34.7 Å². The number of aromatic nitrogens is 2. The first-order valence-electron chi connectivity index (χ1n) is 10.4. The largest absolute Gasteiger partial charge is 0.416 e. The highest BCUT2D eigenvalue weighted by Crippen LogP contribution is 2.40. The molecule has 3 heterocycles. The van der Waals surface area contributed by atoms with Crippen LogP contribution in [0.3, 0.4) is 0 Å². The number of thiophene rings is 1. The maximum absolute atomic E-state index is 13.1. The number of fused-ring (bicyclic) bond motifs is 3. The highest BCUT2D eigenvalue weighted by atomic mass is 32.1. The molecule has 1 aliphatic carbocycles. The minimum Gasteiger partial charge on any atom is -0.368 e. The number of benzene rings is 1. The van der Waals surface area contributed by atoms with E-state index in [0.29, 0.717) is 18.8 Å². The number of anilines is 2. The van der Waals surface area contributed by atoms with Gasteiger partial charge in [0.1, 0.15) is 16.5 Å². The fraction of sp³-hybridized carbons (Fsp3) is 0.455. The average molecular weight is 433 g/mol. The molecule has 0 N–H and O–H groups in total. The number of hydrogen-bond acceptors (Lipinski definition) is 5. The molecule has 0 bridgehead atoms. The lowest BCUT2D eigenvalue weighted by Crippen LogP contribution is -2.47. The van der Waals surface area contributed by atoms with Crippen molar-refractivity contribution in [2.24, 2.45) is 0 Å². The first-order valence-corrected chi connectivity index (χ1v) is 11.2. The number of alkyl halides is 3. The van der Waals surface area contributed by atoms with E-state index < -0.39 is 11.7 Å². The number of rotatable bonds is 2. The van der Waals surface area contributed by atoms with E-state index in [1.807, 2.05) is 11.8 Å². The fourth-order valence-corrected chi connectivity index (χ4v) is 5.83. The van der Waals surface area contributed by atoms with Crippen LogP contribution in [-0.2, 0) is 19.0 Å². The van der Waals surface area contributed by atoms with Crippen LogP contribution in [0.25, 0.3) is 10.2 Å². The Labute approximate surface area is 177 Å². The zero-order valence-corrected chi connectivity index (χ0v) is 17.6. The van der Waals surface area contributed by atoms with Crippen molar-refractivity contribution in [3.05, 3.63) is 46.1 Å². The van der Waals surface area contributed by atoms with Crippen molar-refractivity contribution < 1.29 is 13.2 Å². The van der Waals surface area contributed by atoms with Gasteiger partial charge in [0.2, 0.25) is 0 Å². The summed E-state index contributed by atoms with van der Waals surface area (Å²) in [6.07, 6.45) is 0.323. The Hall–Kier alpha value is -2.35. The maximum atomic E-state index is 13.1. The topological polar surface area (TPSA) is 32.3 Å². The summed E-state index contributed by atoms with van der Waals surface area (Å²) in [5.41, 5.74) is 1.44. The van der Waals surface area contributed by atoms with Crippen molar-refractivity contribution in [2.45, 2.75) is 38.8 Å². The summed E-state index contributed by atoms with van der Waals surface area (Å²) in [4.78, 5) is 16.3. The van der Waals surface area contributed by atoms with Crippen LogP contribution < -0.4 is 9.80 Å². The first kappa shape index (κ1) is 19.6. The van der Waals surface area contributed by atoms with Crippen LogP contribution >= 0.6 is 11.3 Å². The molecule has 8 heteroatoms. The molecule has 158 valence electrons. The lowest BCUT2D eigenvalue weighted by atomic mass is 9.97. The molecule has 2 aliphatic rings. The van der Waals surface area contributed by atoms with Gasteiger partial charge in [-0.2, -0.15) is 13.2 Å². The van der Waals surface area contributed by atoms with Gasteiger partial charge >= 0.3 is 6.18 Å². The minimum atomic E-state index is -4.32. The van der Waals surface area contributed by atoms with Crippen molar-refractivity contribution >= 4 is 33.1 Å². The molecule has 30 heavy (non-hydrogen) atoms. The van der Waals surface area contributed by atoms with E-state index in [4.69, 9.17) is 9.97 Å². The predicted octanol–water partition coefficient (Wildman–Crippen LogP) is 5.22. The molecule has 3 aromatic rings. The second kappa shape index (κ2) is 7.41. The van der Waals surface area contributed by atoms with Gasteiger partial charge in [0.15, 0.2) is 0 Å². The van der Waals surface area contributed by atoms with Crippen molar-refractivity contribution in [3.63, 3.8) is 0 Å². The molecule has 4 nitrogen and oxygen atoms in total. The van der Waals surface area contributed by atoms with Crippen LogP contribution in [0, 0.1) is 6.92 Å². The van der Waals surface area contributed by atoms with Crippen molar-refractivity contribution in [1.29, 1.82) is 0 Å². The van der Waals surface area contributed by atoms with Crippen LogP contribution in [0.15, 0.2) is 24.3 Å². The van der Waals surface area contributed by atoms with Crippen LogP contribution in [0.4, 0.5) is 24.7 Å². The van der Waals surface area contributed by atoms with E-state index in [1.54, 1.807) is 17.4 Å². The Morgan fingerprint density at radius 3 is 2.47 bits per heavy atom. The van der Waals surface area contributed by atoms with Gasteiger partial charge in [0.25, 0.3) is 0 Å². The van der Waals surface area contributed by atoms with E-state index in [2.05, 4.69) is 4.90 Å². The Balaban J connectivity index is 1.41. The highest BCUT2D eigenvalue weighted by Gasteiger charge is 2.31. The van der Waals surface area contributed by atoms with E-state index in [-0.39, 0.29) is 0 Å². The molecule has 0 radical (unpaired) electrons. The van der Waals surface area contributed by atoms with Gasteiger partial charge in [-0.25, -0.2) is 9.97 Å². The molecule has 1 aromatic carbocycles. The van der Waals surface area contributed by atoms with Gasteiger partial charge in [0.05, 0.1) is 10.9 Å². The van der Waals surface area contributed by atoms with Gasteiger partial charge < -0.3 is 9.80 Å². The quantitative estimate of drug-likeness (QED) is 0.556. The molecular formula is C22H23F3N4S. The third-order valence-corrected chi connectivity index (χ3v) is 7.21. The van der Waals surface area contributed by atoms with Crippen LogP contribution in [-0.4, -0.2) is 36.1 Å². The molecule has 1 fully saturated rings. The van der Waals surface area contributed by atoms with Gasteiger partial charge in [-0.1, -0.05) is 6.07 Å². The summed E-state index contributed by atoms with van der Waals surface area (Å²) in [5.74, 6) is 1.77. The zero-order chi connectivity index (χ0) is 20.9. The lowest BCUT2D eigenvalue weighted by Gasteiger charge is -2.37. The Morgan fingerprint density at radius 2 is 1.70 bits per heavy atom. The van der Waals surface area contributed by atoms with E-state index in [9.17, 15) is 13.2 Å². The molecule has 0 spiro atoms. The Kier molecular flexibility index (Phi) is 4.84. The van der Waals surface area contributed by atoms with Crippen molar-refractivity contribution in [3.8, 4) is 0 Å². The highest BCUT2D eigenvalue weighted by molar-refractivity contribution is 7.19. The zero-order valence-electron chi connectivity index (χ0n) is 16.8. The fourth-order valence-electron chi connectivity index (χ4n) is 4.53. The molecule has 2 aromatic heterocycles. The number of aryl methyl sites for hydroxylation is 3. The van der Waals surface area contributed by atoms with Crippen LogP contribution in [0.2, 0.25) is 0 Å². The Morgan fingerprint density at radius 1 is 0.967 bits per heavy atom. The van der Waals surface area contributed by atoms with Gasteiger partial charge in [-0.15, -0.1) is 11.3 Å². The van der Waals surface area contributed by atoms with Crippen LogP contribution in [0.5, 0.6) is 0 Å². The number of nitrogens with zero attached hydrogens (tertiary/aromatic N) is 4. The first-order chi connectivity index (χ1) is 14.4. The second-order valence-electron chi connectivity index (χ2n) is 8.01. The minimum absolute atomic E-state index is 0.597. The van der Waals surface area contributed by atoms with Gasteiger partial charge in [-0.3, -0.25) is 0 Å². The SMILES string of the molecule is Cc1nc(N2CCN(c3cccc(C(F)(F)F)c3)CC2)c2c3c(sc2n1)CCCC3. The summed E-state index contributed by atoms with van der Waals surface area (Å²) < 4.78 is 39.2. The van der Waals surface area contributed by atoms with Gasteiger partial charge in [0, 0.05) is 36.7 Å². The van der Waals surface area contributed by atoms with Crippen molar-refractivity contribution in [2.75, 3.05) is 36.0 Å².